The van der Waals surface area contributed by atoms with Crippen LogP contribution in [0.15, 0.2) is 0 Å². The van der Waals surface area contributed by atoms with Gasteiger partial charge in [-0.3, -0.25) is 4.79 Å². The Morgan fingerprint density at radius 3 is 2.88 bits per heavy atom. The lowest BCUT2D eigenvalue weighted by Crippen LogP contribution is -2.40. The second-order valence-electron chi connectivity index (χ2n) is 5.31. The first kappa shape index (κ1) is 13.5. The largest absolute Gasteiger partial charge is 0.353 e. The topological polar surface area (TPSA) is 55.1 Å². The molecule has 0 aromatic rings. The minimum absolute atomic E-state index is 0.112. The van der Waals surface area contributed by atoms with Crippen LogP contribution < -0.4 is 11.1 Å². The van der Waals surface area contributed by atoms with Gasteiger partial charge in [0, 0.05) is 12.0 Å². The fourth-order valence-electron chi connectivity index (χ4n) is 2.46. The lowest BCUT2D eigenvalue weighted by atomic mass is 9.87. The number of nitrogens with two attached hydrogens (primary N) is 1. The molecule has 1 amide bonds. The molecule has 1 saturated carbocycles. The predicted molar refractivity (Wildman–Crippen MR) is 67.0 cm³/mol. The van der Waals surface area contributed by atoms with Crippen LogP contribution in [0.25, 0.3) is 0 Å². The molecule has 3 atom stereocenters. The molecule has 1 aliphatic rings. The predicted octanol–water partition coefficient (Wildman–Crippen LogP) is 2.06. The number of rotatable bonds is 5. The van der Waals surface area contributed by atoms with Gasteiger partial charge in [0.05, 0.1) is 0 Å². The Labute approximate surface area is 99.2 Å². The van der Waals surface area contributed by atoms with E-state index in [4.69, 9.17) is 5.73 Å². The minimum Gasteiger partial charge on any atom is -0.353 e. The van der Waals surface area contributed by atoms with Gasteiger partial charge in [-0.1, -0.05) is 26.7 Å². The van der Waals surface area contributed by atoms with Crippen molar-refractivity contribution in [2.24, 2.45) is 17.6 Å². The third kappa shape index (κ3) is 4.52. The summed E-state index contributed by atoms with van der Waals surface area (Å²) in [6.45, 7) is 4.95. The van der Waals surface area contributed by atoms with Gasteiger partial charge in [-0.05, 0) is 38.1 Å². The highest BCUT2D eigenvalue weighted by Crippen LogP contribution is 2.23. The maximum Gasteiger partial charge on any atom is 0.223 e. The molecule has 3 N–H and O–H groups in total. The first-order valence-corrected chi connectivity index (χ1v) is 6.64. The quantitative estimate of drug-likeness (QED) is 0.754. The van der Waals surface area contributed by atoms with Crippen molar-refractivity contribution in [1.82, 2.24) is 5.32 Å². The summed E-state index contributed by atoms with van der Waals surface area (Å²) in [5, 5.41) is 3.18. The third-order valence-electron chi connectivity index (χ3n) is 3.57. The summed E-state index contributed by atoms with van der Waals surface area (Å²) in [6.07, 6.45) is 6.72. The number of hydrogen-bond donors (Lipinski definition) is 2. The SMILES string of the molecule is CC1CCCC(NC(=O)C(C)CCCN)C1. The first-order valence-electron chi connectivity index (χ1n) is 6.64. The van der Waals surface area contributed by atoms with Crippen LogP contribution in [0.1, 0.15) is 52.4 Å². The van der Waals surface area contributed by atoms with Crippen molar-refractivity contribution >= 4 is 5.91 Å². The van der Waals surface area contributed by atoms with Crippen LogP contribution in [0, 0.1) is 11.8 Å². The van der Waals surface area contributed by atoms with E-state index in [1.54, 1.807) is 0 Å². The van der Waals surface area contributed by atoms with Crippen LogP contribution in [-0.4, -0.2) is 18.5 Å². The molecule has 0 aliphatic heterocycles. The van der Waals surface area contributed by atoms with Gasteiger partial charge < -0.3 is 11.1 Å². The first-order chi connectivity index (χ1) is 7.63. The Morgan fingerprint density at radius 1 is 1.50 bits per heavy atom. The van der Waals surface area contributed by atoms with Gasteiger partial charge in [0.25, 0.3) is 0 Å². The van der Waals surface area contributed by atoms with Gasteiger partial charge in [0.15, 0.2) is 0 Å². The monoisotopic (exact) mass is 226 g/mol. The summed E-state index contributed by atoms with van der Waals surface area (Å²) in [6, 6.07) is 0.413. The molecule has 1 rings (SSSR count). The van der Waals surface area contributed by atoms with Crippen LogP contribution in [0.4, 0.5) is 0 Å². The molecule has 0 aromatic carbocycles. The molecule has 16 heavy (non-hydrogen) atoms. The number of hydrogen-bond acceptors (Lipinski definition) is 2. The van der Waals surface area contributed by atoms with E-state index < -0.39 is 0 Å². The van der Waals surface area contributed by atoms with Gasteiger partial charge in [-0.15, -0.1) is 0 Å². The molecule has 94 valence electrons. The van der Waals surface area contributed by atoms with E-state index in [1.165, 1.54) is 12.8 Å². The molecule has 1 fully saturated rings. The molecule has 0 radical (unpaired) electrons. The Hall–Kier alpha value is -0.570. The van der Waals surface area contributed by atoms with Crippen molar-refractivity contribution in [3.8, 4) is 0 Å². The zero-order valence-electron chi connectivity index (χ0n) is 10.7. The summed E-state index contributed by atoms with van der Waals surface area (Å²) in [5.41, 5.74) is 5.45. The smallest absolute Gasteiger partial charge is 0.223 e. The number of nitrogens with one attached hydrogen (secondary N) is 1. The van der Waals surface area contributed by atoms with Crippen molar-refractivity contribution in [2.75, 3.05) is 6.54 Å². The summed E-state index contributed by atoms with van der Waals surface area (Å²) in [4.78, 5) is 11.9. The van der Waals surface area contributed by atoms with E-state index in [2.05, 4.69) is 12.2 Å². The highest BCUT2D eigenvalue weighted by Gasteiger charge is 2.22. The molecule has 0 saturated heterocycles. The van der Waals surface area contributed by atoms with Gasteiger partial charge >= 0.3 is 0 Å². The fourth-order valence-corrected chi connectivity index (χ4v) is 2.46. The maximum atomic E-state index is 11.9. The Kier molecular flexibility index (Phi) is 5.81. The van der Waals surface area contributed by atoms with Crippen LogP contribution in [0.2, 0.25) is 0 Å². The number of carbonyl (C=O) groups is 1. The molecular weight excluding hydrogens is 200 g/mol. The lowest BCUT2D eigenvalue weighted by molar-refractivity contribution is -0.125. The van der Waals surface area contributed by atoms with Crippen LogP contribution >= 0.6 is 0 Å². The van der Waals surface area contributed by atoms with Gasteiger partial charge in [-0.25, -0.2) is 0 Å². The van der Waals surface area contributed by atoms with Crippen LogP contribution in [0.5, 0.6) is 0 Å². The Balaban J connectivity index is 2.26. The zero-order valence-corrected chi connectivity index (χ0v) is 10.7. The molecule has 0 bridgehead atoms. The second-order valence-corrected chi connectivity index (χ2v) is 5.31. The summed E-state index contributed by atoms with van der Waals surface area (Å²) in [7, 11) is 0. The molecule has 3 heteroatoms. The molecule has 1 aliphatic carbocycles. The van der Waals surface area contributed by atoms with Crippen molar-refractivity contribution in [1.29, 1.82) is 0 Å². The Bertz CT molecular complexity index is 218. The summed E-state index contributed by atoms with van der Waals surface area (Å²) >= 11 is 0. The van der Waals surface area contributed by atoms with Crippen molar-refractivity contribution in [3.63, 3.8) is 0 Å². The van der Waals surface area contributed by atoms with E-state index in [0.717, 1.165) is 31.6 Å². The normalized spacial score (nSPS) is 27.4. The van der Waals surface area contributed by atoms with E-state index in [9.17, 15) is 4.79 Å². The van der Waals surface area contributed by atoms with E-state index in [0.29, 0.717) is 12.6 Å². The lowest BCUT2D eigenvalue weighted by Gasteiger charge is -2.28. The fraction of sp³-hybridized carbons (Fsp3) is 0.923. The molecule has 0 spiro atoms. The average Bonchev–Trinajstić information content (AvgIpc) is 2.25. The van der Waals surface area contributed by atoms with Gasteiger partial charge in [-0.2, -0.15) is 0 Å². The van der Waals surface area contributed by atoms with Crippen molar-refractivity contribution in [3.05, 3.63) is 0 Å². The minimum atomic E-state index is 0.112. The molecule has 3 nitrogen and oxygen atoms in total. The molecule has 0 aromatic heterocycles. The number of amides is 1. The summed E-state index contributed by atoms with van der Waals surface area (Å²) in [5.74, 6) is 1.09. The molecule has 3 unspecified atom stereocenters. The highest BCUT2D eigenvalue weighted by atomic mass is 16.1. The van der Waals surface area contributed by atoms with Crippen LogP contribution in [-0.2, 0) is 4.79 Å². The Morgan fingerprint density at radius 2 is 2.25 bits per heavy atom. The molecular formula is C13H26N2O. The van der Waals surface area contributed by atoms with E-state index >= 15 is 0 Å². The van der Waals surface area contributed by atoms with Crippen LogP contribution in [0.3, 0.4) is 0 Å². The third-order valence-corrected chi connectivity index (χ3v) is 3.57. The second kappa shape index (κ2) is 6.89. The van der Waals surface area contributed by atoms with Crippen molar-refractivity contribution in [2.45, 2.75) is 58.4 Å². The van der Waals surface area contributed by atoms with E-state index in [-0.39, 0.29) is 11.8 Å². The molecule has 0 heterocycles. The van der Waals surface area contributed by atoms with E-state index in [1.807, 2.05) is 6.92 Å². The van der Waals surface area contributed by atoms with Gasteiger partial charge in [0.1, 0.15) is 0 Å². The number of carbonyl (C=O) groups excluding carboxylic acids is 1. The van der Waals surface area contributed by atoms with Crippen molar-refractivity contribution < 1.29 is 4.79 Å². The maximum absolute atomic E-state index is 11.9. The highest BCUT2D eigenvalue weighted by molar-refractivity contribution is 5.78. The standard InChI is InChI=1S/C13H26N2O/c1-10-5-3-7-12(9-10)15-13(16)11(2)6-4-8-14/h10-12H,3-9,14H2,1-2H3,(H,15,16). The van der Waals surface area contributed by atoms with Gasteiger partial charge in [0.2, 0.25) is 5.91 Å². The zero-order chi connectivity index (χ0) is 12.0. The summed E-state index contributed by atoms with van der Waals surface area (Å²) < 4.78 is 0. The average molecular weight is 226 g/mol.